The highest BCUT2D eigenvalue weighted by molar-refractivity contribution is 6.17. The number of benzene rings is 2. The summed E-state index contributed by atoms with van der Waals surface area (Å²) in [6, 6.07) is 15.0. The summed E-state index contributed by atoms with van der Waals surface area (Å²) >= 11 is 5.73. The van der Waals surface area contributed by atoms with Crippen LogP contribution in [0.4, 0.5) is 0 Å². The van der Waals surface area contributed by atoms with Gasteiger partial charge >= 0.3 is 0 Å². The first-order chi connectivity index (χ1) is 9.31. The van der Waals surface area contributed by atoms with Crippen LogP contribution in [-0.4, -0.2) is 6.61 Å². The topological polar surface area (TPSA) is 18.5 Å². The molecule has 0 heterocycles. The monoisotopic (exact) mass is 272 g/mol. The van der Waals surface area contributed by atoms with Gasteiger partial charge in [-0.3, -0.25) is 0 Å². The third kappa shape index (κ3) is 3.94. The summed E-state index contributed by atoms with van der Waals surface area (Å²) in [4.78, 5) is 0. The Hall–Kier alpha value is -2.11. The molecule has 0 spiro atoms. The number of rotatable bonds is 5. The Morgan fingerprint density at radius 3 is 1.95 bits per heavy atom. The summed E-state index contributed by atoms with van der Waals surface area (Å²) in [5, 5.41) is 0. The van der Waals surface area contributed by atoms with Crippen molar-refractivity contribution in [2.24, 2.45) is 0 Å². The highest BCUT2D eigenvalue weighted by Gasteiger charge is 1.99. The Labute approximate surface area is 117 Å². The van der Waals surface area contributed by atoms with Gasteiger partial charge in [0.25, 0.3) is 0 Å². The van der Waals surface area contributed by atoms with Gasteiger partial charge in [0, 0.05) is 5.88 Å². The molecule has 2 rings (SSSR count). The lowest BCUT2D eigenvalue weighted by atomic mass is 10.2. The van der Waals surface area contributed by atoms with E-state index in [4.69, 9.17) is 27.5 Å². The van der Waals surface area contributed by atoms with Crippen LogP contribution in [0.1, 0.15) is 5.56 Å². The predicted octanol–water partition coefficient (Wildman–Crippen LogP) is 4.23. The van der Waals surface area contributed by atoms with E-state index in [0.29, 0.717) is 5.88 Å². The molecule has 0 radical (unpaired) electrons. The van der Waals surface area contributed by atoms with Gasteiger partial charge in [0.2, 0.25) is 0 Å². The molecule has 19 heavy (non-hydrogen) atoms. The largest absolute Gasteiger partial charge is 0.481 e. The number of ether oxygens (including phenoxy) is 2. The van der Waals surface area contributed by atoms with Crippen molar-refractivity contribution in [3.63, 3.8) is 0 Å². The molecule has 2 nitrogen and oxygen atoms in total. The minimum absolute atomic E-state index is 0.264. The van der Waals surface area contributed by atoms with E-state index < -0.39 is 0 Å². The van der Waals surface area contributed by atoms with Gasteiger partial charge in [-0.1, -0.05) is 18.1 Å². The number of hydrogen-bond acceptors (Lipinski definition) is 2. The first kappa shape index (κ1) is 13.3. The minimum atomic E-state index is 0.264. The number of hydrogen-bond donors (Lipinski definition) is 0. The van der Waals surface area contributed by atoms with E-state index in [1.807, 2.05) is 48.5 Å². The van der Waals surface area contributed by atoms with E-state index in [9.17, 15) is 0 Å². The molecule has 0 bridgehead atoms. The molecular weight excluding hydrogens is 260 g/mol. The summed E-state index contributed by atoms with van der Waals surface area (Å²) in [5.41, 5.74) is 1.06. The maximum Gasteiger partial charge on any atom is 0.148 e. The Morgan fingerprint density at radius 1 is 0.895 bits per heavy atom. The van der Waals surface area contributed by atoms with E-state index in [1.165, 1.54) is 0 Å². The van der Waals surface area contributed by atoms with Crippen molar-refractivity contribution in [1.29, 1.82) is 0 Å². The van der Waals surface area contributed by atoms with Crippen LogP contribution >= 0.6 is 11.6 Å². The van der Waals surface area contributed by atoms with E-state index >= 15 is 0 Å². The van der Waals surface area contributed by atoms with Gasteiger partial charge < -0.3 is 9.47 Å². The van der Waals surface area contributed by atoms with Gasteiger partial charge in [-0.2, -0.15) is 0 Å². The molecule has 2 aromatic carbocycles. The van der Waals surface area contributed by atoms with Crippen LogP contribution in [-0.2, 0) is 5.88 Å². The van der Waals surface area contributed by atoms with Crippen molar-refractivity contribution < 1.29 is 9.47 Å². The zero-order valence-electron chi connectivity index (χ0n) is 10.3. The molecule has 0 unspecified atom stereocenters. The molecular formula is C16H13ClO2. The number of terminal acetylenes is 1. The second-order valence-electron chi connectivity index (χ2n) is 3.84. The Kier molecular flexibility index (Phi) is 4.72. The molecule has 0 amide bonds. The standard InChI is InChI=1S/C16H13ClO2/c1-2-11-18-14-7-9-16(10-8-14)19-15-5-3-13(12-17)4-6-15/h1,3-10H,11-12H2. The lowest BCUT2D eigenvalue weighted by molar-refractivity contribution is 0.369. The van der Waals surface area contributed by atoms with Crippen molar-refractivity contribution in [3.05, 3.63) is 54.1 Å². The first-order valence-corrected chi connectivity index (χ1v) is 6.34. The summed E-state index contributed by atoms with van der Waals surface area (Å²) in [7, 11) is 0. The van der Waals surface area contributed by atoms with Crippen LogP contribution in [0.2, 0.25) is 0 Å². The lowest BCUT2D eigenvalue weighted by Gasteiger charge is -2.07. The number of alkyl halides is 1. The normalized spacial score (nSPS) is 9.68. The molecule has 96 valence electrons. The van der Waals surface area contributed by atoms with Crippen LogP contribution in [0.25, 0.3) is 0 Å². The molecule has 0 aliphatic carbocycles. The quantitative estimate of drug-likeness (QED) is 0.599. The fraction of sp³-hybridized carbons (Fsp3) is 0.125. The summed E-state index contributed by atoms with van der Waals surface area (Å²) in [5.74, 6) is 5.16. The SMILES string of the molecule is C#CCOc1ccc(Oc2ccc(CCl)cc2)cc1. The van der Waals surface area contributed by atoms with Crippen LogP contribution < -0.4 is 9.47 Å². The van der Waals surface area contributed by atoms with Crippen molar-refractivity contribution in [3.8, 4) is 29.6 Å². The molecule has 0 saturated heterocycles. The van der Waals surface area contributed by atoms with Crippen molar-refractivity contribution in [1.82, 2.24) is 0 Å². The molecule has 0 aliphatic heterocycles. The minimum Gasteiger partial charge on any atom is -0.481 e. The van der Waals surface area contributed by atoms with Gasteiger partial charge in [-0.05, 0) is 42.0 Å². The zero-order chi connectivity index (χ0) is 13.5. The van der Waals surface area contributed by atoms with Crippen molar-refractivity contribution in [2.75, 3.05) is 6.61 Å². The van der Waals surface area contributed by atoms with Crippen LogP contribution in [0.3, 0.4) is 0 Å². The second kappa shape index (κ2) is 6.72. The highest BCUT2D eigenvalue weighted by atomic mass is 35.5. The zero-order valence-corrected chi connectivity index (χ0v) is 11.1. The fourth-order valence-electron chi connectivity index (χ4n) is 1.51. The van der Waals surface area contributed by atoms with E-state index in [2.05, 4.69) is 5.92 Å². The Balaban J connectivity index is 2.00. The summed E-state index contributed by atoms with van der Waals surface area (Å²) < 4.78 is 11.0. The van der Waals surface area contributed by atoms with Gasteiger partial charge in [0.05, 0.1) is 0 Å². The van der Waals surface area contributed by atoms with Crippen LogP contribution in [0.15, 0.2) is 48.5 Å². The number of halogens is 1. The van der Waals surface area contributed by atoms with Crippen molar-refractivity contribution in [2.45, 2.75) is 5.88 Å². The summed E-state index contributed by atoms with van der Waals surface area (Å²) in [6.07, 6.45) is 5.12. The van der Waals surface area contributed by atoms with E-state index in [-0.39, 0.29) is 6.61 Å². The lowest BCUT2D eigenvalue weighted by Crippen LogP contribution is -1.93. The molecule has 0 atom stereocenters. The first-order valence-electron chi connectivity index (χ1n) is 5.81. The Bertz CT molecular complexity index is 553. The van der Waals surface area contributed by atoms with Gasteiger partial charge in [0.15, 0.2) is 0 Å². The predicted molar refractivity (Wildman–Crippen MR) is 76.8 cm³/mol. The average Bonchev–Trinajstić information content (AvgIpc) is 2.47. The van der Waals surface area contributed by atoms with Gasteiger partial charge in [0.1, 0.15) is 23.9 Å². The molecule has 0 saturated carbocycles. The smallest absolute Gasteiger partial charge is 0.148 e. The molecule has 0 aliphatic rings. The highest BCUT2D eigenvalue weighted by Crippen LogP contribution is 2.24. The third-order valence-corrected chi connectivity index (χ3v) is 2.77. The summed E-state index contributed by atoms with van der Waals surface area (Å²) in [6.45, 7) is 0.264. The average molecular weight is 273 g/mol. The fourth-order valence-corrected chi connectivity index (χ4v) is 1.69. The maximum absolute atomic E-state index is 5.73. The van der Waals surface area contributed by atoms with Gasteiger partial charge in [-0.25, -0.2) is 0 Å². The molecule has 3 heteroatoms. The molecule has 0 fully saturated rings. The van der Waals surface area contributed by atoms with E-state index in [0.717, 1.165) is 22.8 Å². The third-order valence-electron chi connectivity index (χ3n) is 2.46. The molecule has 0 N–H and O–H groups in total. The van der Waals surface area contributed by atoms with Crippen molar-refractivity contribution >= 4 is 11.6 Å². The van der Waals surface area contributed by atoms with Gasteiger partial charge in [-0.15, -0.1) is 18.0 Å². The molecule has 0 aromatic heterocycles. The van der Waals surface area contributed by atoms with Crippen LogP contribution in [0.5, 0.6) is 17.2 Å². The van der Waals surface area contributed by atoms with Crippen LogP contribution in [0, 0.1) is 12.3 Å². The van der Waals surface area contributed by atoms with E-state index in [1.54, 1.807) is 0 Å². The Morgan fingerprint density at radius 2 is 1.42 bits per heavy atom. The molecule has 2 aromatic rings. The maximum atomic E-state index is 5.73. The second-order valence-corrected chi connectivity index (χ2v) is 4.11.